The van der Waals surface area contributed by atoms with E-state index in [1.807, 2.05) is 35.9 Å². The highest BCUT2D eigenvalue weighted by molar-refractivity contribution is 5.93. The second-order valence-electron chi connectivity index (χ2n) is 10.1. The van der Waals surface area contributed by atoms with Gasteiger partial charge in [0.15, 0.2) is 0 Å². The molecule has 4 aromatic rings. The highest BCUT2D eigenvalue weighted by Crippen LogP contribution is 2.32. The molecule has 9 heteroatoms. The number of rotatable bonds is 6. The number of halogens is 1. The molecule has 1 aliphatic heterocycles. The van der Waals surface area contributed by atoms with Crippen LogP contribution in [0, 0.1) is 0 Å². The van der Waals surface area contributed by atoms with Crippen molar-refractivity contribution < 1.29 is 9.18 Å². The molecule has 1 fully saturated rings. The van der Waals surface area contributed by atoms with Crippen LogP contribution in [0.1, 0.15) is 34.0 Å². The highest BCUT2D eigenvalue weighted by atomic mass is 19.1. The van der Waals surface area contributed by atoms with Crippen LogP contribution in [0.5, 0.6) is 0 Å². The van der Waals surface area contributed by atoms with Crippen LogP contribution in [0.25, 0.3) is 16.7 Å². The average molecular weight is 517 g/mol. The number of piperidine rings is 1. The SMILES string of the molecule is CNc1ccn(-c2ccnc3c2cc(CN2CCC(c4ccc(C(=O)N(C)C)cc4)C(F)C2)n3C)c(=O)c1. The quantitative estimate of drug-likeness (QED) is 0.422. The number of anilines is 1. The van der Waals surface area contributed by atoms with Gasteiger partial charge in [-0.25, -0.2) is 9.37 Å². The zero-order valence-electron chi connectivity index (χ0n) is 22.2. The van der Waals surface area contributed by atoms with E-state index < -0.39 is 6.17 Å². The molecule has 8 nitrogen and oxygen atoms in total. The van der Waals surface area contributed by atoms with Gasteiger partial charge in [0.1, 0.15) is 11.8 Å². The van der Waals surface area contributed by atoms with Crippen molar-refractivity contribution in [3.63, 3.8) is 0 Å². The molecular formula is C29H33FN6O2. The maximum Gasteiger partial charge on any atom is 0.257 e. The number of benzene rings is 1. The van der Waals surface area contributed by atoms with Crippen LogP contribution in [0.3, 0.4) is 0 Å². The third kappa shape index (κ3) is 4.81. The third-order valence-corrected chi connectivity index (χ3v) is 7.48. The molecule has 3 aromatic heterocycles. The lowest BCUT2D eigenvalue weighted by Crippen LogP contribution is -2.40. The van der Waals surface area contributed by atoms with Crippen LogP contribution in [-0.2, 0) is 13.6 Å². The van der Waals surface area contributed by atoms with E-state index in [0.29, 0.717) is 25.1 Å². The minimum absolute atomic E-state index is 0.0596. The summed E-state index contributed by atoms with van der Waals surface area (Å²) in [6, 6.07) is 14.6. The Labute approximate surface area is 221 Å². The predicted molar refractivity (Wildman–Crippen MR) is 148 cm³/mol. The normalized spacial score (nSPS) is 18.0. The second kappa shape index (κ2) is 10.4. The number of likely N-dealkylation sites (tertiary alicyclic amines) is 1. The molecule has 2 unspecified atom stereocenters. The molecule has 1 saturated heterocycles. The number of aryl methyl sites for hydroxylation is 1. The van der Waals surface area contributed by atoms with Crippen LogP contribution >= 0.6 is 0 Å². The highest BCUT2D eigenvalue weighted by Gasteiger charge is 2.31. The van der Waals surface area contributed by atoms with Gasteiger partial charge in [-0.2, -0.15) is 0 Å². The summed E-state index contributed by atoms with van der Waals surface area (Å²) in [7, 11) is 7.18. The van der Waals surface area contributed by atoms with E-state index in [0.717, 1.165) is 40.2 Å². The first-order valence-corrected chi connectivity index (χ1v) is 12.8. The topological polar surface area (TPSA) is 75.4 Å². The van der Waals surface area contributed by atoms with Crippen molar-refractivity contribution in [2.24, 2.45) is 7.05 Å². The lowest BCUT2D eigenvalue weighted by Gasteiger charge is -2.35. The van der Waals surface area contributed by atoms with Crippen molar-refractivity contribution in [3.8, 4) is 5.69 Å². The first kappa shape index (κ1) is 25.7. The van der Waals surface area contributed by atoms with Crippen LogP contribution in [-0.4, -0.2) is 70.2 Å². The summed E-state index contributed by atoms with van der Waals surface area (Å²) >= 11 is 0. The van der Waals surface area contributed by atoms with Gasteiger partial charge in [-0.15, -0.1) is 0 Å². The summed E-state index contributed by atoms with van der Waals surface area (Å²) in [5.74, 6) is -0.251. The molecule has 5 rings (SSSR count). The van der Waals surface area contributed by atoms with E-state index in [9.17, 15) is 9.59 Å². The Bertz CT molecular complexity index is 1520. The number of nitrogens with zero attached hydrogens (tertiary/aromatic N) is 5. The third-order valence-electron chi connectivity index (χ3n) is 7.48. The Morgan fingerprint density at radius 2 is 1.92 bits per heavy atom. The number of nitrogens with one attached hydrogen (secondary N) is 1. The maximum atomic E-state index is 15.4. The van der Waals surface area contributed by atoms with Gasteiger partial charge in [0.2, 0.25) is 0 Å². The van der Waals surface area contributed by atoms with Crippen molar-refractivity contribution >= 4 is 22.6 Å². The zero-order chi connectivity index (χ0) is 27.0. The smallest absolute Gasteiger partial charge is 0.257 e. The number of fused-ring (bicyclic) bond motifs is 1. The Morgan fingerprint density at radius 1 is 1.16 bits per heavy atom. The minimum atomic E-state index is -1.01. The number of amides is 1. The molecule has 4 heterocycles. The van der Waals surface area contributed by atoms with Gasteiger partial charge in [0.05, 0.1) is 5.69 Å². The van der Waals surface area contributed by atoms with Gasteiger partial charge in [-0.1, -0.05) is 12.1 Å². The van der Waals surface area contributed by atoms with Gasteiger partial charge in [0.25, 0.3) is 11.5 Å². The number of pyridine rings is 2. The lowest BCUT2D eigenvalue weighted by atomic mass is 9.87. The number of carbonyl (C=O) groups excluding carboxylic acids is 1. The maximum absolute atomic E-state index is 15.4. The molecule has 1 aliphatic rings. The Morgan fingerprint density at radius 3 is 2.58 bits per heavy atom. The van der Waals surface area contributed by atoms with Crippen LogP contribution in [0.2, 0.25) is 0 Å². The molecule has 0 aliphatic carbocycles. The first-order valence-electron chi connectivity index (χ1n) is 12.8. The predicted octanol–water partition coefficient (Wildman–Crippen LogP) is 3.80. The number of hydrogen-bond donors (Lipinski definition) is 1. The van der Waals surface area contributed by atoms with Gasteiger partial charge in [0, 0.05) is 88.0 Å². The summed E-state index contributed by atoms with van der Waals surface area (Å²) in [5.41, 5.74) is 4.72. The molecular weight excluding hydrogens is 483 g/mol. The minimum Gasteiger partial charge on any atom is -0.388 e. The second-order valence-corrected chi connectivity index (χ2v) is 10.1. The molecule has 0 radical (unpaired) electrons. The van der Waals surface area contributed by atoms with Crippen molar-refractivity contribution in [2.45, 2.75) is 25.1 Å². The van der Waals surface area contributed by atoms with E-state index in [-0.39, 0.29) is 17.4 Å². The Kier molecular flexibility index (Phi) is 7.03. The summed E-state index contributed by atoms with van der Waals surface area (Å²) in [6.07, 6.45) is 3.16. The number of aromatic nitrogens is 3. The Hall–Kier alpha value is -3.98. The largest absolute Gasteiger partial charge is 0.388 e. The lowest BCUT2D eigenvalue weighted by molar-refractivity contribution is 0.0827. The number of hydrogen-bond acceptors (Lipinski definition) is 5. The summed E-state index contributed by atoms with van der Waals surface area (Å²) in [4.78, 5) is 33.1. The van der Waals surface area contributed by atoms with Gasteiger partial charge in [-0.3, -0.25) is 19.1 Å². The van der Waals surface area contributed by atoms with Crippen LogP contribution < -0.4 is 10.9 Å². The summed E-state index contributed by atoms with van der Waals surface area (Å²) < 4.78 is 19.0. The number of carbonyl (C=O) groups is 1. The van der Waals surface area contributed by atoms with Gasteiger partial charge in [-0.05, 0) is 48.9 Å². The van der Waals surface area contributed by atoms with Crippen molar-refractivity contribution in [1.29, 1.82) is 0 Å². The van der Waals surface area contributed by atoms with Crippen molar-refractivity contribution in [2.75, 3.05) is 39.5 Å². The van der Waals surface area contributed by atoms with Gasteiger partial charge < -0.3 is 14.8 Å². The molecule has 0 saturated carbocycles. The first-order chi connectivity index (χ1) is 18.3. The fourth-order valence-corrected chi connectivity index (χ4v) is 5.30. The monoisotopic (exact) mass is 516 g/mol. The fraction of sp³-hybridized carbons (Fsp3) is 0.345. The van der Waals surface area contributed by atoms with E-state index in [2.05, 4.69) is 21.3 Å². The summed E-state index contributed by atoms with van der Waals surface area (Å²) in [6.45, 7) is 1.68. The van der Waals surface area contributed by atoms with Gasteiger partial charge >= 0.3 is 0 Å². The summed E-state index contributed by atoms with van der Waals surface area (Å²) in [5, 5.41) is 3.87. The molecule has 0 spiro atoms. The van der Waals surface area contributed by atoms with E-state index in [4.69, 9.17) is 0 Å². The standard InChI is InChI=1S/C29H33FN6O2/c1-31-21-10-14-36(27(37)15-21)26-9-12-32-28-24(26)16-22(34(28)4)17-35-13-11-23(25(30)18-35)19-5-7-20(8-6-19)29(38)33(2)3/h5-10,12,14-16,23,25,31H,11,13,17-18H2,1-4H3. The molecule has 1 N–H and O–H groups in total. The fourth-order valence-electron chi connectivity index (χ4n) is 5.30. The molecule has 1 amide bonds. The van der Waals surface area contributed by atoms with E-state index in [1.165, 1.54) is 4.90 Å². The number of alkyl halides is 1. The Balaban J connectivity index is 1.33. The molecule has 2 atom stereocenters. The van der Waals surface area contributed by atoms with Crippen LogP contribution in [0.15, 0.2) is 65.7 Å². The molecule has 1 aromatic carbocycles. The molecule has 198 valence electrons. The van der Waals surface area contributed by atoms with Crippen molar-refractivity contribution in [1.82, 2.24) is 23.9 Å². The van der Waals surface area contributed by atoms with Crippen molar-refractivity contribution in [3.05, 3.63) is 88.1 Å². The van der Waals surface area contributed by atoms with Crippen LogP contribution in [0.4, 0.5) is 10.1 Å². The van der Waals surface area contributed by atoms with E-state index >= 15 is 4.39 Å². The average Bonchev–Trinajstić information content (AvgIpc) is 3.23. The van der Waals surface area contributed by atoms with E-state index in [1.54, 1.807) is 56.3 Å². The molecule has 38 heavy (non-hydrogen) atoms. The zero-order valence-corrected chi connectivity index (χ0v) is 22.2. The molecule has 0 bridgehead atoms.